The normalized spacial score (nSPS) is 10.5. The second kappa shape index (κ2) is 6.78. The number of nitrogens with zero attached hydrogens (tertiary/aromatic N) is 1. The predicted octanol–water partition coefficient (Wildman–Crippen LogP) is 2.46. The lowest BCUT2D eigenvalue weighted by atomic mass is 10.2. The highest BCUT2D eigenvalue weighted by atomic mass is 32.1. The zero-order chi connectivity index (χ0) is 18.0. The molecule has 0 saturated carbocycles. The van der Waals surface area contributed by atoms with Crippen LogP contribution in [0.15, 0.2) is 47.3 Å². The third kappa shape index (κ3) is 3.24. The number of nitrogens with one attached hydrogen (secondary N) is 2. The van der Waals surface area contributed by atoms with Gasteiger partial charge in [0.05, 0.1) is 25.1 Å². The Morgan fingerprint density at radius 3 is 2.40 bits per heavy atom. The summed E-state index contributed by atoms with van der Waals surface area (Å²) in [7, 11) is 2.97. The molecule has 25 heavy (non-hydrogen) atoms. The van der Waals surface area contributed by atoms with E-state index in [0.717, 1.165) is 4.68 Å². The monoisotopic (exact) mass is 357 g/mol. The van der Waals surface area contributed by atoms with Crippen LogP contribution in [-0.2, 0) is 0 Å². The van der Waals surface area contributed by atoms with Crippen molar-refractivity contribution in [2.24, 2.45) is 0 Å². The zero-order valence-electron chi connectivity index (χ0n) is 13.5. The minimum atomic E-state index is -0.519. The molecule has 1 amide bonds. The summed E-state index contributed by atoms with van der Waals surface area (Å²) in [5.74, 6) is 0.398. The molecule has 0 fully saturated rings. The van der Waals surface area contributed by atoms with E-state index in [-0.39, 0.29) is 10.3 Å². The number of para-hydroxylation sites is 1. The molecule has 3 rings (SSSR count). The second-order valence-corrected chi connectivity index (χ2v) is 5.55. The van der Waals surface area contributed by atoms with Crippen molar-refractivity contribution in [3.05, 3.63) is 63.2 Å². The summed E-state index contributed by atoms with van der Waals surface area (Å²) in [6, 6.07) is 11.6. The number of carbonyl (C=O) groups excluding carboxylic acids is 1. The minimum absolute atomic E-state index is 0.0897. The fraction of sp³-hybridized carbons (Fsp3) is 0.118. The van der Waals surface area contributed by atoms with Crippen molar-refractivity contribution in [3.63, 3.8) is 0 Å². The number of benzene rings is 2. The van der Waals surface area contributed by atoms with Gasteiger partial charge in [0.15, 0.2) is 4.77 Å². The van der Waals surface area contributed by atoms with E-state index in [4.69, 9.17) is 21.7 Å². The molecule has 1 heterocycles. The van der Waals surface area contributed by atoms with Crippen LogP contribution < -0.4 is 20.5 Å². The minimum Gasteiger partial charge on any atom is -0.497 e. The highest BCUT2D eigenvalue weighted by Crippen LogP contribution is 2.22. The van der Waals surface area contributed by atoms with E-state index in [9.17, 15) is 9.59 Å². The molecule has 1 aromatic heterocycles. The van der Waals surface area contributed by atoms with Crippen molar-refractivity contribution < 1.29 is 14.3 Å². The van der Waals surface area contributed by atoms with E-state index < -0.39 is 11.5 Å². The molecule has 0 aliphatic rings. The van der Waals surface area contributed by atoms with Crippen molar-refractivity contribution in [2.45, 2.75) is 0 Å². The van der Waals surface area contributed by atoms with Gasteiger partial charge >= 0.3 is 0 Å². The topological polar surface area (TPSA) is 85.3 Å². The predicted molar refractivity (Wildman–Crippen MR) is 96.6 cm³/mol. The Morgan fingerprint density at radius 2 is 1.76 bits per heavy atom. The maximum Gasteiger partial charge on any atom is 0.281 e. The van der Waals surface area contributed by atoms with Crippen molar-refractivity contribution in [1.29, 1.82) is 0 Å². The highest BCUT2D eigenvalue weighted by molar-refractivity contribution is 7.71. The largest absolute Gasteiger partial charge is 0.497 e. The summed E-state index contributed by atoms with van der Waals surface area (Å²) in [5.41, 5.74) is 2.97. The van der Waals surface area contributed by atoms with Crippen LogP contribution in [0.25, 0.3) is 10.9 Å². The van der Waals surface area contributed by atoms with Gasteiger partial charge in [-0.1, -0.05) is 12.1 Å². The van der Waals surface area contributed by atoms with Gasteiger partial charge in [-0.2, -0.15) is 4.68 Å². The molecular formula is C17H15N3O4S. The average molecular weight is 357 g/mol. The van der Waals surface area contributed by atoms with Gasteiger partial charge in [0, 0.05) is 11.6 Å². The molecule has 7 nitrogen and oxygen atoms in total. The summed E-state index contributed by atoms with van der Waals surface area (Å²) in [6.45, 7) is 0. The molecule has 8 heteroatoms. The first-order chi connectivity index (χ1) is 12.0. The van der Waals surface area contributed by atoms with Crippen molar-refractivity contribution in [1.82, 2.24) is 9.66 Å². The number of ether oxygens (including phenoxy) is 2. The summed E-state index contributed by atoms with van der Waals surface area (Å²) >= 11 is 5.18. The Bertz CT molecular complexity index is 1050. The summed E-state index contributed by atoms with van der Waals surface area (Å²) in [6.07, 6.45) is 0. The molecule has 0 radical (unpaired) electrons. The lowest BCUT2D eigenvalue weighted by Crippen LogP contribution is -2.34. The van der Waals surface area contributed by atoms with E-state index in [2.05, 4.69) is 10.4 Å². The summed E-state index contributed by atoms with van der Waals surface area (Å²) in [5, 5.41) is 0.416. The third-order valence-electron chi connectivity index (χ3n) is 3.63. The number of hydrogen-bond acceptors (Lipinski definition) is 5. The zero-order valence-corrected chi connectivity index (χ0v) is 14.3. The smallest absolute Gasteiger partial charge is 0.281 e. The summed E-state index contributed by atoms with van der Waals surface area (Å²) in [4.78, 5) is 28.0. The van der Waals surface area contributed by atoms with Crippen LogP contribution in [0.4, 0.5) is 0 Å². The first-order valence-corrected chi connectivity index (χ1v) is 7.73. The van der Waals surface area contributed by atoms with Gasteiger partial charge < -0.3 is 14.5 Å². The van der Waals surface area contributed by atoms with E-state index in [1.807, 2.05) is 0 Å². The molecule has 2 N–H and O–H groups in total. The fourth-order valence-corrected chi connectivity index (χ4v) is 2.61. The lowest BCUT2D eigenvalue weighted by molar-refractivity contribution is 0.101. The molecule has 0 spiro atoms. The van der Waals surface area contributed by atoms with Crippen LogP contribution in [0.5, 0.6) is 11.5 Å². The number of carbonyl (C=O) groups is 1. The number of aromatic nitrogens is 2. The number of hydrogen-bond donors (Lipinski definition) is 2. The van der Waals surface area contributed by atoms with Crippen molar-refractivity contribution in [2.75, 3.05) is 19.6 Å². The van der Waals surface area contributed by atoms with Crippen LogP contribution in [0, 0.1) is 4.77 Å². The Hall–Kier alpha value is -3.13. The van der Waals surface area contributed by atoms with Crippen LogP contribution in [-0.4, -0.2) is 29.8 Å². The first-order valence-electron chi connectivity index (χ1n) is 7.32. The van der Waals surface area contributed by atoms with Gasteiger partial charge in [0.1, 0.15) is 11.5 Å². The standard InChI is InChI=1S/C17H15N3O4S/c1-23-11-7-10(8-12(9-11)24-2)15(21)19-20-16(22)13-5-3-4-6-14(13)18-17(20)25/h3-9H,1-2H3,(H,18,25)(H,19,21). The molecule has 2 aromatic carbocycles. The first kappa shape index (κ1) is 16.7. The van der Waals surface area contributed by atoms with Crippen LogP contribution in [0.2, 0.25) is 0 Å². The maximum atomic E-state index is 12.6. The van der Waals surface area contributed by atoms with Gasteiger partial charge in [-0.05, 0) is 36.5 Å². The van der Waals surface area contributed by atoms with E-state index in [0.29, 0.717) is 22.4 Å². The lowest BCUT2D eigenvalue weighted by Gasteiger charge is -2.11. The van der Waals surface area contributed by atoms with Gasteiger partial charge in [0.25, 0.3) is 11.5 Å². The van der Waals surface area contributed by atoms with E-state index in [1.54, 1.807) is 30.3 Å². The van der Waals surface area contributed by atoms with Crippen molar-refractivity contribution in [3.8, 4) is 11.5 Å². The van der Waals surface area contributed by atoms with E-state index >= 15 is 0 Å². The van der Waals surface area contributed by atoms with Crippen LogP contribution in [0.1, 0.15) is 10.4 Å². The second-order valence-electron chi connectivity index (χ2n) is 5.16. The molecular weight excluding hydrogens is 342 g/mol. The molecule has 0 aliphatic carbocycles. The average Bonchev–Trinajstić information content (AvgIpc) is 2.64. The number of aromatic amines is 1. The molecule has 3 aromatic rings. The van der Waals surface area contributed by atoms with Gasteiger partial charge in [-0.25, -0.2) is 0 Å². The maximum absolute atomic E-state index is 12.6. The third-order valence-corrected chi connectivity index (χ3v) is 3.92. The van der Waals surface area contributed by atoms with Gasteiger partial charge in [0.2, 0.25) is 0 Å². The van der Waals surface area contributed by atoms with Gasteiger partial charge in [-0.15, -0.1) is 0 Å². The number of fused-ring (bicyclic) bond motifs is 1. The number of H-pyrrole nitrogens is 1. The Kier molecular flexibility index (Phi) is 4.53. The Morgan fingerprint density at radius 1 is 1.12 bits per heavy atom. The van der Waals surface area contributed by atoms with Gasteiger partial charge in [-0.3, -0.25) is 15.0 Å². The van der Waals surface area contributed by atoms with Crippen LogP contribution >= 0.6 is 12.2 Å². The quantitative estimate of drug-likeness (QED) is 0.701. The molecule has 0 atom stereocenters. The molecule has 0 aliphatic heterocycles. The number of amides is 1. The Balaban J connectivity index is 2.03. The number of methoxy groups -OCH3 is 2. The van der Waals surface area contributed by atoms with Crippen molar-refractivity contribution >= 4 is 29.0 Å². The van der Waals surface area contributed by atoms with E-state index in [1.165, 1.54) is 26.4 Å². The fourth-order valence-electron chi connectivity index (χ4n) is 2.37. The molecule has 0 unspecified atom stereocenters. The highest BCUT2D eigenvalue weighted by Gasteiger charge is 2.13. The molecule has 0 saturated heterocycles. The molecule has 0 bridgehead atoms. The number of rotatable bonds is 4. The molecule has 128 valence electrons. The SMILES string of the molecule is COc1cc(OC)cc(C(=O)Nn2c(=S)[nH]c3ccccc3c2=O)c1. The van der Waals surface area contributed by atoms with Crippen LogP contribution in [0.3, 0.4) is 0 Å². The Labute approximate surface area is 147 Å². The summed E-state index contributed by atoms with van der Waals surface area (Å²) < 4.78 is 11.4.